The summed E-state index contributed by atoms with van der Waals surface area (Å²) in [5, 5.41) is 2.16. The van der Waals surface area contributed by atoms with Gasteiger partial charge in [0.1, 0.15) is 0 Å². The molecule has 52 valence electrons. The van der Waals surface area contributed by atoms with E-state index in [1.165, 1.54) is 0 Å². The Morgan fingerprint density at radius 2 is 2.30 bits per heavy atom. The van der Waals surface area contributed by atoms with E-state index in [0.29, 0.717) is 12.8 Å². The van der Waals surface area contributed by atoms with Crippen LogP contribution in [0.1, 0.15) is 12.8 Å². The minimum atomic E-state index is -0.405. The van der Waals surface area contributed by atoms with Crippen LogP contribution in [0.2, 0.25) is 0 Å². The number of amides is 2. The molecule has 1 unspecified atom stereocenters. The first-order chi connectivity index (χ1) is 4.74. The molecule has 0 bridgehead atoms. The van der Waals surface area contributed by atoms with Gasteiger partial charge in [-0.2, -0.15) is 0 Å². The molecule has 0 aliphatic carbocycles. The third-order valence-electron chi connectivity index (χ3n) is 1.44. The molecule has 1 atom stereocenters. The summed E-state index contributed by atoms with van der Waals surface area (Å²) in [6.45, 7) is 0. The highest BCUT2D eigenvalue weighted by atomic mass is 16.2. The number of carbonyl (C=O) groups excluding carboxylic acids is 2. The molecule has 0 radical (unpaired) electrons. The third-order valence-corrected chi connectivity index (χ3v) is 1.44. The van der Waals surface area contributed by atoms with Crippen LogP contribution in [0.25, 0.3) is 0 Å². The third kappa shape index (κ3) is 1.16. The van der Waals surface area contributed by atoms with Gasteiger partial charge in [0.25, 0.3) is 0 Å². The highest BCUT2D eigenvalue weighted by molar-refractivity contribution is 5.99. The summed E-state index contributed by atoms with van der Waals surface area (Å²) in [4.78, 5) is 21.3. The minimum Gasteiger partial charge on any atom is -0.295 e. The quantitative estimate of drug-likeness (QED) is 0.367. The Labute approximate surface area is 58.8 Å². The molecule has 1 aliphatic heterocycles. The monoisotopic (exact) mass is 137 g/mol. The summed E-state index contributed by atoms with van der Waals surface area (Å²) in [6, 6.07) is 0. The Hall–Kier alpha value is -1.30. The fraction of sp³-hybridized carbons (Fsp3) is 0.429. The minimum absolute atomic E-state index is 0.225. The number of hydrogen-bond donors (Lipinski definition) is 1. The van der Waals surface area contributed by atoms with Gasteiger partial charge in [0.15, 0.2) is 0 Å². The molecular weight excluding hydrogens is 130 g/mol. The van der Waals surface area contributed by atoms with Crippen LogP contribution in [0.4, 0.5) is 0 Å². The Balaban J connectivity index is 2.62. The van der Waals surface area contributed by atoms with Gasteiger partial charge in [-0.1, -0.05) is 5.92 Å². The maximum atomic E-state index is 10.8. The molecule has 1 rings (SSSR count). The van der Waals surface area contributed by atoms with Crippen LogP contribution in [0, 0.1) is 18.3 Å². The average molecular weight is 137 g/mol. The summed E-state index contributed by atoms with van der Waals surface area (Å²) in [6.07, 6.45) is 5.87. The van der Waals surface area contributed by atoms with Gasteiger partial charge in [-0.25, -0.2) is 0 Å². The molecular formula is C7H7NO2. The first-order valence-electron chi connectivity index (χ1n) is 3.04. The van der Waals surface area contributed by atoms with Crippen molar-refractivity contribution in [2.45, 2.75) is 12.8 Å². The highest BCUT2D eigenvalue weighted by Crippen LogP contribution is 2.09. The zero-order valence-corrected chi connectivity index (χ0v) is 5.39. The lowest BCUT2D eigenvalue weighted by molar-refractivity contribution is -0.134. The van der Waals surface area contributed by atoms with Gasteiger partial charge in [0.2, 0.25) is 11.8 Å². The number of carbonyl (C=O) groups is 2. The molecule has 1 heterocycles. The van der Waals surface area contributed by atoms with Crippen molar-refractivity contribution < 1.29 is 9.59 Å². The zero-order chi connectivity index (χ0) is 7.56. The fourth-order valence-corrected chi connectivity index (χ4v) is 0.853. The zero-order valence-electron chi connectivity index (χ0n) is 5.39. The number of terminal acetylenes is 1. The van der Waals surface area contributed by atoms with Crippen molar-refractivity contribution >= 4 is 11.8 Å². The molecule has 1 aliphatic rings. The van der Waals surface area contributed by atoms with Gasteiger partial charge < -0.3 is 0 Å². The summed E-state index contributed by atoms with van der Waals surface area (Å²) >= 11 is 0. The van der Waals surface area contributed by atoms with Gasteiger partial charge in [0.05, 0.1) is 5.92 Å². The molecule has 10 heavy (non-hydrogen) atoms. The van der Waals surface area contributed by atoms with Crippen molar-refractivity contribution in [3.63, 3.8) is 0 Å². The number of imide groups is 1. The van der Waals surface area contributed by atoms with Crippen molar-refractivity contribution in [3.05, 3.63) is 0 Å². The molecule has 1 saturated heterocycles. The lowest BCUT2D eigenvalue weighted by Crippen LogP contribution is -2.40. The van der Waals surface area contributed by atoms with Crippen molar-refractivity contribution in [2.75, 3.05) is 0 Å². The van der Waals surface area contributed by atoms with Crippen molar-refractivity contribution in [1.82, 2.24) is 5.32 Å². The first-order valence-corrected chi connectivity index (χ1v) is 3.04. The van der Waals surface area contributed by atoms with Crippen LogP contribution in [0.5, 0.6) is 0 Å². The van der Waals surface area contributed by atoms with Crippen LogP contribution in [0.3, 0.4) is 0 Å². The molecule has 0 aromatic heterocycles. The number of rotatable bonds is 0. The van der Waals surface area contributed by atoms with E-state index in [-0.39, 0.29) is 11.8 Å². The Morgan fingerprint density at radius 3 is 2.80 bits per heavy atom. The fourth-order valence-electron chi connectivity index (χ4n) is 0.853. The Kier molecular flexibility index (Phi) is 1.72. The Bertz CT molecular complexity index is 214. The second-order valence-electron chi connectivity index (χ2n) is 2.17. The van der Waals surface area contributed by atoms with Crippen LogP contribution in [-0.4, -0.2) is 11.8 Å². The SMILES string of the molecule is C#CC1CCC(=O)NC1=O. The maximum absolute atomic E-state index is 10.8. The normalized spacial score (nSPS) is 25.3. The van der Waals surface area contributed by atoms with E-state index in [9.17, 15) is 9.59 Å². The summed E-state index contributed by atoms with van der Waals surface area (Å²) < 4.78 is 0. The highest BCUT2D eigenvalue weighted by Gasteiger charge is 2.23. The lowest BCUT2D eigenvalue weighted by atomic mass is 9.99. The smallest absolute Gasteiger partial charge is 0.241 e. The van der Waals surface area contributed by atoms with Crippen LogP contribution in [0.15, 0.2) is 0 Å². The topological polar surface area (TPSA) is 46.2 Å². The van der Waals surface area contributed by atoms with E-state index in [0.717, 1.165) is 0 Å². The number of hydrogen-bond acceptors (Lipinski definition) is 2. The van der Waals surface area contributed by atoms with Crippen molar-refractivity contribution in [3.8, 4) is 12.3 Å². The molecule has 1 fully saturated rings. The summed E-state index contributed by atoms with van der Waals surface area (Å²) in [5.41, 5.74) is 0. The molecule has 0 aromatic carbocycles. The van der Waals surface area contributed by atoms with Crippen LogP contribution < -0.4 is 5.32 Å². The lowest BCUT2D eigenvalue weighted by Gasteiger charge is -2.14. The van der Waals surface area contributed by atoms with Crippen LogP contribution >= 0.6 is 0 Å². The number of nitrogens with one attached hydrogen (secondary N) is 1. The van der Waals surface area contributed by atoms with Gasteiger partial charge in [0, 0.05) is 6.42 Å². The molecule has 2 amide bonds. The number of piperidine rings is 1. The second kappa shape index (κ2) is 2.53. The summed E-state index contributed by atoms with van der Waals surface area (Å²) in [5.74, 6) is 1.35. The van der Waals surface area contributed by atoms with E-state index < -0.39 is 5.92 Å². The van der Waals surface area contributed by atoms with Gasteiger partial charge in [-0.05, 0) is 6.42 Å². The molecule has 0 saturated carbocycles. The molecule has 1 N–H and O–H groups in total. The molecule has 3 nitrogen and oxygen atoms in total. The largest absolute Gasteiger partial charge is 0.295 e. The average Bonchev–Trinajstić information content (AvgIpc) is 1.88. The van der Waals surface area contributed by atoms with Crippen molar-refractivity contribution in [2.24, 2.45) is 5.92 Å². The van der Waals surface area contributed by atoms with E-state index in [2.05, 4.69) is 11.2 Å². The Morgan fingerprint density at radius 1 is 1.60 bits per heavy atom. The predicted molar refractivity (Wildman–Crippen MR) is 34.7 cm³/mol. The van der Waals surface area contributed by atoms with Crippen molar-refractivity contribution in [1.29, 1.82) is 0 Å². The van der Waals surface area contributed by atoms with E-state index >= 15 is 0 Å². The summed E-state index contributed by atoms with van der Waals surface area (Å²) in [7, 11) is 0. The van der Waals surface area contributed by atoms with Gasteiger partial charge >= 0.3 is 0 Å². The molecule has 0 spiro atoms. The second-order valence-corrected chi connectivity index (χ2v) is 2.17. The van der Waals surface area contributed by atoms with Gasteiger partial charge in [-0.3, -0.25) is 14.9 Å². The predicted octanol–water partition coefficient (Wildman–Crippen LogP) is -0.328. The van der Waals surface area contributed by atoms with Crippen LogP contribution in [-0.2, 0) is 9.59 Å². The maximum Gasteiger partial charge on any atom is 0.241 e. The molecule has 3 heteroatoms. The van der Waals surface area contributed by atoms with Gasteiger partial charge in [-0.15, -0.1) is 6.42 Å². The van der Waals surface area contributed by atoms with E-state index in [1.807, 2.05) is 0 Å². The van der Waals surface area contributed by atoms with E-state index in [1.54, 1.807) is 0 Å². The molecule has 0 aromatic rings. The first kappa shape index (κ1) is 6.81. The van der Waals surface area contributed by atoms with E-state index in [4.69, 9.17) is 6.42 Å². The standard InChI is InChI=1S/C7H7NO2/c1-2-5-3-4-6(9)8-7(5)10/h1,5H,3-4H2,(H,8,9,10).